The van der Waals surface area contributed by atoms with Crippen LogP contribution in [0.3, 0.4) is 0 Å². The maximum Gasteiger partial charge on any atom is 0.269 e. The molecule has 140 valence electrons. The fourth-order valence-electron chi connectivity index (χ4n) is 3.77. The molecule has 0 N–H and O–H groups in total. The summed E-state index contributed by atoms with van der Waals surface area (Å²) >= 11 is 0. The zero-order chi connectivity index (χ0) is 18.5. The van der Waals surface area contributed by atoms with E-state index in [1.807, 2.05) is 4.90 Å². The lowest BCUT2D eigenvalue weighted by Gasteiger charge is -2.35. The second-order valence-corrected chi connectivity index (χ2v) is 7.14. The van der Waals surface area contributed by atoms with Gasteiger partial charge in [0.2, 0.25) is 11.8 Å². The van der Waals surface area contributed by atoms with Gasteiger partial charge in [-0.3, -0.25) is 19.7 Å². The Labute approximate surface area is 153 Å². The van der Waals surface area contributed by atoms with Crippen molar-refractivity contribution in [3.05, 3.63) is 39.9 Å². The lowest BCUT2D eigenvalue weighted by atomic mass is 9.94. The van der Waals surface area contributed by atoms with Crippen LogP contribution in [0.2, 0.25) is 0 Å². The van der Waals surface area contributed by atoms with Crippen molar-refractivity contribution in [1.82, 2.24) is 9.80 Å². The number of hydrogen-bond acceptors (Lipinski definition) is 4. The minimum atomic E-state index is -0.449. The van der Waals surface area contributed by atoms with Crippen LogP contribution in [0.25, 0.3) is 0 Å². The van der Waals surface area contributed by atoms with E-state index in [2.05, 4.69) is 0 Å². The highest BCUT2D eigenvalue weighted by molar-refractivity contribution is 5.81. The third-order valence-corrected chi connectivity index (χ3v) is 5.37. The van der Waals surface area contributed by atoms with Crippen LogP contribution in [0.15, 0.2) is 24.3 Å². The Morgan fingerprint density at radius 3 is 2.15 bits per heavy atom. The molecule has 0 atom stereocenters. The molecular weight excluding hydrogens is 334 g/mol. The van der Waals surface area contributed by atoms with Crippen LogP contribution in [0, 0.1) is 16.0 Å². The molecule has 1 aromatic rings. The molecule has 3 rings (SSSR count). The standard InChI is InChI=1S/C19H25N3O4/c23-18(14-15-4-6-17(7-5-15)22(25)26)20-12-8-16(9-13-20)19(24)21-10-2-1-3-11-21/h4-7,16H,1-3,8-14H2. The Morgan fingerprint density at radius 1 is 0.962 bits per heavy atom. The molecule has 0 aliphatic carbocycles. The lowest BCUT2D eigenvalue weighted by Crippen LogP contribution is -2.46. The minimum Gasteiger partial charge on any atom is -0.342 e. The summed E-state index contributed by atoms with van der Waals surface area (Å²) in [5.41, 5.74) is 0.797. The second kappa shape index (κ2) is 8.29. The molecule has 2 aliphatic rings. The Kier molecular flexibility index (Phi) is 5.85. The van der Waals surface area contributed by atoms with Crippen molar-refractivity contribution in [2.75, 3.05) is 26.2 Å². The second-order valence-electron chi connectivity index (χ2n) is 7.14. The third kappa shape index (κ3) is 4.39. The molecule has 7 nitrogen and oxygen atoms in total. The summed E-state index contributed by atoms with van der Waals surface area (Å²) in [6, 6.07) is 6.10. The highest BCUT2D eigenvalue weighted by atomic mass is 16.6. The van der Waals surface area contributed by atoms with Crippen LogP contribution in [0.5, 0.6) is 0 Å². The van der Waals surface area contributed by atoms with Crippen molar-refractivity contribution in [2.45, 2.75) is 38.5 Å². The molecule has 2 fully saturated rings. The van der Waals surface area contributed by atoms with Gasteiger partial charge in [0.05, 0.1) is 11.3 Å². The quantitative estimate of drug-likeness (QED) is 0.610. The van der Waals surface area contributed by atoms with E-state index in [1.165, 1.54) is 18.6 Å². The SMILES string of the molecule is O=C(Cc1ccc([N+](=O)[O-])cc1)N1CCC(C(=O)N2CCCCC2)CC1. The Hall–Kier alpha value is -2.44. The molecule has 2 saturated heterocycles. The van der Waals surface area contributed by atoms with Crippen molar-refractivity contribution in [3.8, 4) is 0 Å². The number of benzene rings is 1. The van der Waals surface area contributed by atoms with E-state index >= 15 is 0 Å². The molecule has 2 aliphatic heterocycles. The van der Waals surface area contributed by atoms with E-state index in [4.69, 9.17) is 0 Å². The zero-order valence-electron chi connectivity index (χ0n) is 14.9. The van der Waals surface area contributed by atoms with Crippen LogP contribution in [-0.4, -0.2) is 52.7 Å². The van der Waals surface area contributed by atoms with Crippen LogP contribution in [-0.2, 0) is 16.0 Å². The van der Waals surface area contributed by atoms with Gasteiger partial charge >= 0.3 is 0 Å². The van der Waals surface area contributed by atoms with E-state index < -0.39 is 4.92 Å². The number of carbonyl (C=O) groups excluding carboxylic acids is 2. The molecule has 0 saturated carbocycles. The zero-order valence-corrected chi connectivity index (χ0v) is 14.9. The fraction of sp³-hybridized carbons (Fsp3) is 0.579. The van der Waals surface area contributed by atoms with Crippen molar-refractivity contribution in [1.29, 1.82) is 0 Å². The molecule has 2 heterocycles. The summed E-state index contributed by atoms with van der Waals surface area (Å²) in [5.74, 6) is 0.311. The first-order valence-electron chi connectivity index (χ1n) is 9.34. The molecule has 2 amide bonds. The summed E-state index contributed by atoms with van der Waals surface area (Å²) in [7, 11) is 0. The molecule has 0 spiro atoms. The van der Waals surface area contributed by atoms with E-state index in [-0.39, 0.29) is 29.8 Å². The summed E-state index contributed by atoms with van der Waals surface area (Å²) in [6.45, 7) is 2.96. The number of non-ortho nitro benzene ring substituents is 1. The van der Waals surface area contributed by atoms with Gasteiger partial charge in [-0.25, -0.2) is 0 Å². The monoisotopic (exact) mass is 359 g/mol. The van der Waals surface area contributed by atoms with E-state index in [0.717, 1.165) is 44.3 Å². The van der Waals surface area contributed by atoms with Crippen molar-refractivity contribution < 1.29 is 14.5 Å². The van der Waals surface area contributed by atoms with Gasteiger partial charge in [0.1, 0.15) is 0 Å². The molecule has 0 bridgehead atoms. The van der Waals surface area contributed by atoms with Gasteiger partial charge < -0.3 is 9.80 Å². The van der Waals surface area contributed by atoms with Crippen molar-refractivity contribution >= 4 is 17.5 Å². The number of likely N-dealkylation sites (tertiary alicyclic amines) is 2. The van der Waals surface area contributed by atoms with Crippen LogP contribution >= 0.6 is 0 Å². The molecule has 0 aromatic heterocycles. The molecule has 1 aromatic carbocycles. The predicted octanol–water partition coefficient (Wildman–Crippen LogP) is 2.39. The predicted molar refractivity (Wildman–Crippen MR) is 96.5 cm³/mol. The molecule has 0 radical (unpaired) electrons. The van der Waals surface area contributed by atoms with Crippen LogP contribution < -0.4 is 0 Å². The Balaban J connectivity index is 1.48. The largest absolute Gasteiger partial charge is 0.342 e. The van der Waals surface area contributed by atoms with Crippen LogP contribution in [0.1, 0.15) is 37.7 Å². The van der Waals surface area contributed by atoms with Gasteiger partial charge in [0.15, 0.2) is 0 Å². The smallest absolute Gasteiger partial charge is 0.269 e. The molecule has 7 heteroatoms. The first kappa shape index (κ1) is 18.4. The van der Waals surface area contributed by atoms with Gasteiger partial charge in [-0.2, -0.15) is 0 Å². The Bertz CT molecular complexity index is 660. The normalized spacial score (nSPS) is 18.6. The van der Waals surface area contributed by atoms with Crippen molar-refractivity contribution in [2.24, 2.45) is 5.92 Å². The first-order valence-corrected chi connectivity index (χ1v) is 9.34. The molecular formula is C19H25N3O4. The van der Waals surface area contributed by atoms with Crippen molar-refractivity contribution in [3.63, 3.8) is 0 Å². The topological polar surface area (TPSA) is 83.8 Å². The average molecular weight is 359 g/mol. The minimum absolute atomic E-state index is 0.0164. The number of carbonyl (C=O) groups is 2. The van der Waals surface area contributed by atoms with E-state index in [9.17, 15) is 19.7 Å². The molecule has 26 heavy (non-hydrogen) atoms. The maximum atomic E-state index is 12.6. The Morgan fingerprint density at radius 2 is 1.58 bits per heavy atom. The van der Waals surface area contributed by atoms with Gasteiger partial charge in [-0.15, -0.1) is 0 Å². The van der Waals surface area contributed by atoms with Gasteiger partial charge in [0.25, 0.3) is 5.69 Å². The van der Waals surface area contributed by atoms with Gasteiger partial charge in [-0.1, -0.05) is 12.1 Å². The summed E-state index contributed by atoms with van der Waals surface area (Å²) in [4.78, 5) is 39.1. The molecule has 0 unspecified atom stereocenters. The maximum absolute atomic E-state index is 12.6. The van der Waals surface area contributed by atoms with E-state index in [0.29, 0.717) is 13.1 Å². The number of nitro benzene ring substituents is 1. The number of nitrogens with zero attached hydrogens (tertiary/aromatic N) is 3. The number of amides is 2. The summed E-state index contributed by atoms with van der Waals surface area (Å²) < 4.78 is 0. The first-order chi connectivity index (χ1) is 12.5. The van der Waals surface area contributed by atoms with E-state index in [1.54, 1.807) is 17.0 Å². The van der Waals surface area contributed by atoms with Crippen LogP contribution in [0.4, 0.5) is 5.69 Å². The highest BCUT2D eigenvalue weighted by Crippen LogP contribution is 2.22. The average Bonchev–Trinajstić information content (AvgIpc) is 2.68. The van der Waals surface area contributed by atoms with Gasteiger partial charge in [-0.05, 0) is 37.7 Å². The third-order valence-electron chi connectivity index (χ3n) is 5.37. The summed E-state index contributed by atoms with van der Waals surface area (Å²) in [6.07, 6.45) is 5.08. The number of hydrogen-bond donors (Lipinski definition) is 0. The highest BCUT2D eigenvalue weighted by Gasteiger charge is 2.30. The summed E-state index contributed by atoms with van der Waals surface area (Å²) in [5, 5.41) is 10.7. The fourth-order valence-corrected chi connectivity index (χ4v) is 3.77. The lowest BCUT2D eigenvalue weighted by molar-refractivity contribution is -0.384. The number of nitro groups is 1. The number of rotatable bonds is 4. The number of piperidine rings is 2. The van der Waals surface area contributed by atoms with Gasteiger partial charge in [0, 0.05) is 44.2 Å².